The molecule has 0 saturated carbocycles. The SMILES string of the molecule is CC[C@H](CCOC(=O)CN)OC(=O)NCc1cccc(NC(=O)Nc2ccc(-c3cnco3)c(OC)c2)c1. The molecule has 202 valence electrons. The largest absolute Gasteiger partial charge is 0.496 e. The Labute approximate surface area is 219 Å². The van der Waals surface area contributed by atoms with E-state index in [1.807, 2.05) is 6.92 Å². The van der Waals surface area contributed by atoms with Crippen molar-refractivity contribution in [2.75, 3.05) is 30.9 Å². The normalized spacial score (nSPS) is 11.2. The van der Waals surface area contributed by atoms with Gasteiger partial charge in [-0.15, -0.1) is 0 Å². The van der Waals surface area contributed by atoms with Crippen LogP contribution in [-0.4, -0.2) is 49.4 Å². The first-order valence-corrected chi connectivity index (χ1v) is 12.0. The summed E-state index contributed by atoms with van der Waals surface area (Å²) in [5.41, 5.74) is 7.71. The molecule has 0 aliphatic rings. The quantitative estimate of drug-likeness (QED) is 0.256. The van der Waals surface area contributed by atoms with Crippen molar-refractivity contribution >= 4 is 29.5 Å². The second-order valence-electron chi connectivity index (χ2n) is 8.06. The topological polar surface area (TPSA) is 167 Å². The Morgan fingerprint density at radius 1 is 1.11 bits per heavy atom. The minimum Gasteiger partial charge on any atom is -0.496 e. The van der Waals surface area contributed by atoms with Crippen molar-refractivity contribution in [3.63, 3.8) is 0 Å². The minimum absolute atomic E-state index is 0.121. The predicted octanol–water partition coefficient (Wildman–Crippen LogP) is 3.89. The van der Waals surface area contributed by atoms with E-state index in [4.69, 9.17) is 24.4 Å². The number of rotatable bonds is 12. The van der Waals surface area contributed by atoms with Crippen LogP contribution in [0, 0.1) is 0 Å². The lowest BCUT2D eigenvalue weighted by atomic mass is 10.1. The molecular weight excluding hydrogens is 494 g/mol. The maximum atomic E-state index is 12.6. The van der Waals surface area contributed by atoms with E-state index in [1.54, 1.807) is 48.7 Å². The molecule has 3 rings (SSSR count). The van der Waals surface area contributed by atoms with E-state index in [9.17, 15) is 14.4 Å². The standard InChI is InChI=1S/C26H31N5O7/c1-3-20(9-10-36-24(32)13-27)38-26(34)29-14-17-5-4-6-18(11-17)30-25(33)31-19-7-8-21(22(12-19)35-2)23-15-28-16-37-23/h4-8,11-12,15-16,20H,3,9-10,13-14,27H2,1-2H3,(H,29,34)(H2,30,31,33)/t20-/m1/s1. The number of nitrogens with two attached hydrogens (primary N) is 1. The number of oxazole rings is 1. The van der Waals surface area contributed by atoms with E-state index in [0.29, 0.717) is 41.3 Å². The molecule has 0 aliphatic heterocycles. The summed E-state index contributed by atoms with van der Waals surface area (Å²) in [6, 6.07) is 11.7. The molecule has 1 atom stereocenters. The molecule has 0 bridgehead atoms. The Hall–Kier alpha value is -4.58. The first kappa shape index (κ1) is 28.0. The van der Waals surface area contributed by atoms with Crippen molar-refractivity contribution in [1.29, 1.82) is 0 Å². The zero-order valence-corrected chi connectivity index (χ0v) is 21.2. The van der Waals surface area contributed by atoms with E-state index in [2.05, 4.69) is 20.9 Å². The Kier molecular flexibility index (Phi) is 10.5. The molecular formula is C26H31N5O7. The van der Waals surface area contributed by atoms with Gasteiger partial charge in [0.15, 0.2) is 12.2 Å². The van der Waals surface area contributed by atoms with Crippen LogP contribution in [0.2, 0.25) is 0 Å². The number of hydrogen-bond acceptors (Lipinski definition) is 9. The van der Waals surface area contributed by atoms with Crippen LogP contribution >= 0.6 is 0 Å². The summed E-state index contributed by atoms with van der Waals surface area (Å²) in [6.45, 7) is 1.98. The first-order valence-electron chi connectivity index (χ1n) is 12.0. The average molecular weight is 526 g/mol. The van der Waals surface area contributed by atoms with Gasteiger partial charge in [0.2, 0.25) is 0 Å². The number of esters is 1. The van der Waals surface area contributed by atoms with Crippen molar-refractivity contribution in [1.82, 2.24) is 10.3 Å². The van der Waals surface area contributed by atoms with Crippen LogP contribution in [0.5, 0.6) is 5.75 Å². The second-order valence-corrected chi connectivity index (χ2v) is 8.06. The monoisotopic (exact) mass is 525 g/mol. The summed E-state index contributed by atoms with van der Waals surface area (Å²) in [5.74, 6) is 0.554. The van der Waals surface area contributed by atoms with Crippen molar-refractivity contribution in [2.24, 2.45) is 5.73 Å². The van der Waals surface area contributed by atoms with Gasteiger partial charge in [-0.25, -0.2) is 14.6 Å². The highest BCUT2D eigenvalue weighted by Crippen LogP contribution is 2.32. The Bertz CT molecular complexity index is 1220. The van der Waals surface area contributed by atoms with Crippen LogP contribution in [0.25, 0.3) is 11.3 Å². The second kappa shape index (κ2) is 14.2. The fourth-order valence-electron chi connectivity index (χ4n) is 3.45. The van der Waals surface area contributed by atoms with Crippen LogP contribution in [0.15, 0.2) is 59.5 Å². The average Bonchev–Trinajstić information content (AvgIpc) is 3.46. The van der Waals surface area contributed by atoms with Gasteiger partial charge in [-0.3, -0.25) is 4.79 Å². The van der Waals surface area contributed by atoms with Crippen LogP contribution in [0.3, 0.4) is 0 Å². The van der Waals surface area contributed by atoms with E-state index < -0.39 is 24.2 Å². The molecule has 0 spiro atoms. The molecule has 2 aromatic carbocycles. The number of nitrogens with zero attached hydrogens (tertiary/aromatic N) is 1. The number of benzene rings is 2. The number of anilines is 2. The molecule has 3 amide bonds. The van der Waals surface area contributed by atoms with E-state index in [1.165, 1.54) is 13.5 Å². The third-order valence-corrected chi connectivity index (χ3v) is 5.38. The molecule has 12 heteroatoms. The predicted molar refractivity (Wildman–Crippen MR) is 140 cm³/mol. The van der Waals surface area contributed by atoms with Crippen molar-refractivity contribution < 1.29 is 33.0 Å². The maximum Gasteiger partial charge on any atom is 0.407 e. The van der Waals surface area contributed by atoms with Gasteiger partial charge < -0.3 is 40.3 Å². The molecule has 0 unspecified atom stereocenters. The van der Waals surface area contributed by atoms with Gasteiger partial charge >= 0.3 is 18.1 Å². The number of carbonyl (C=O) groups excluding carboxylic acids is 3. The summed E-state index contributed by atoms with van der Waals surface area (Å²) in [5, 5.41) is 8.20. The van der Waals surface area contributed by atoms with Gasteiger partial charge in [-0.1, -0.05) is 19.1 Å². The fraction of sp³-hybridized carbons (Fsp3) is 0.308. The lowest BCUT2D eigenvalue weighted by Crippen LogP contribution is -2.29. The third kappa shape index (κ3) is 8.52. The van der Waals surface area contributed by atoms with E-state index >= 15 is 0 Å². The molecule has 0 aliphatic carbocycles. The molecule has 0 saturated heterocycles. The molecule has 12 nitrogen and oxygen atoms in total. The highest BCUT2D eigenvalue weighted by atomic mass is 16.6. The minimum atomic E-state index is -0.596. The lowest BCUT2D eigenvalue weighted by molar-refractivity contribution is -0.142. The molecule has 3 aromatic rings. The van der Waals surface area contributed by atoms with Gasteiger partial charge in [0.25, 0.3) is 0 Å². The van der Waals surface area contributed by atoms with Gasteiger partial charge in [-0.05, 0) is 36.2 Å². The first-order chi connectivity index (χ1) is 18.4. The summed E-state index contributed by atoms with van der Waals surface area (Å²) in [4.78, 5) is 39.8. The number of aromatic nitrogens is 1. The molecule has 1 heterocycles. The highest BCUT2D eigenvalue weighted by molar-refractivity contribution is 6.00. The number of nitrogens with one attached hydrogen (secondary N) is 3. The number of hydrogen-bond donors (Lipinski definition) is 4. The molecule has 38 heavy (non-hydrogen) atoms. The van der Waals surface area contributed by atoms with Crippen LogP contribution < -0.4 is 26.4 Å². The van der Waals surface area contributed by atoms with Crippen LogP contribution in [-0.2, 0) is 20.8 Å². The lowest BCUT2D eigenvalue weighted by Gasteiger charge is -2.17. The van der Waals surface area contributed by atoms with Crippen molar-refractivity contribution in [3.05, 3.63) is 60.6 Å². The number of carbonyl (C=O) groups is 3. The molecule has 0 fully saturated rings. The van der Waals surface area contributed by atoms with E-state index in [0.717, 1.165) is 5.56 Å². The Balaban J connectivity index is 1.49. The molecule has 1 aromatic heterocycles. The third-order valence-electron chi connectivity index (χ3n) is 5.38. The Morgan fingerprint density at radius 2 is 1.89 bits per heavy atom. The van der Waals surface area contributed by atoms with Crippen molar-refractivity contribution in [2.45, 2.75) is 32.4 Å². The highest BCUT2D eigenvalue weighted by Gasteiger charge is 2.14. The van der Waals surface area contributed by atoms with Crippen molar-refractivity contribution in [3.8, 4) is 17.1 Å². The van der Waals surface area contributed by atoms with Gasteiger partial charge in [0.05, 0.1) is 32.0 Å². The summed E-state index contributed by atoms with van der Waals surface area (Å²) >= 11 is 0. The number of amides is 3. The zero-order valence-electron chi connectivity index (χ0n) is 21.2. The van der Waals surface area contributed by atoms with Gasteiger partial charge in [0, 0.05) is 30.4 Å². The molecule has 5 N–H and O–H groups in total. The summed E-state index contributed by atoms with van der Waals surface area (Å²) < 4.78 is 21.0. The van der Waals surface area contributed by atoms with Crippen LogP contribution in [0.1, 0.15) is 25.3 Å². The van der Waals surface area contributed by atoms with Gasteiger partial charge in [0.1, 0.15) is 11.9 Å². The van der Waals surface area contributed by atoms with E-state index in [-0.39, 0.29) is 19.7 Å². The number of methoxy groups -OCH3 is 1. The summed E-state index contributed by atoms with van der Waals surface area (Å²) in [6.07, 6.45) is 2.84. The number of ether oxygens (including phenoxy) is 3. The zero-order chi connectivity index (χ0) is 27.3. The smallest absolute Gasteiger partial charge is 0.407 e. The van der Waals surface area contributed by atoms with Crippen LogP contribution in [0.4, 0.5) is 21.0 Å². The fourth-order valence-corrected chi connectivity index (χ4v) is 3.45. The maximum absolute atomic E-state index is 12.6. The van der Waals surface area contributed by atoms with Gasteiger partial charge in [-0.2, -0.15) is 0 Å². The summed E-state index contributed by atoms with van der Waals surface area (Å²) in [7, 11) is 1.52. The number of alkyl carbamates (subject to hydrolysis) is 1. The number of urea groups is 1. The molecule has 0 radical (unpaired) electrons. The Morgan fingerprint density at radius 3 is 2.58 bits per heavy atom.